The first-order valence-corrected chi connectivity index (χ1v) is 6.24. The number of hydrogen-bond acceptors (Lipinski definition) is 4. The molecule has 1 aromatic heterocycles. The van der Waals surface area contributed by atoms with Crippen LogP contribution in [-0.2, 0) is 0 Å². The molecule has 1 aromatic rings. The molecular weight excluding hydrogens is 218 g/mol. The van der Waals surface area contributed by atoms with Gasteiger partial charge in [-0.1, -0.05) is 0 Å². The third kappa shape index (κ3) is 2.49. The Morgan fingerprint density at radius 3 is 2.82 bits per heavy atom. The van der Waals surface area contributed by atoms with Gasteiger partial charge in [0.25, 0.3) is 5.56 Å². The van der Waals surface area contributed by atoms with Crippen LogP contribution in [0.15, 0.2) is 10.9 Å². The number of aromatic nitrogens is 2. The second kappa shape index (κ2) is 4.14. The maximum absolute atomic E-state index is 11.5. The molecule has 2 atom stereocenters. The lowest BCUT2D eigenvalue weighted by atomic mass is 10.3. The number of ether oxygens (including phenoxy) is 1. The van der Waals surface area contributed by atoms with E-state index in [-0.39, 0.29) is 17.7 Å². The number of aromatic amines is 1. The second-order valence-corrected chi connectivity index (χ2v) is 5.06. The Morgan fingerprint density at radius 1 is 1.35 bits per heavy atom. The molecule has 2 aliphatic carbocycles. The Labute approximate surface area is 99.4 Å². The van der Waals surface area contributed by atoms with Gasteiger partial charge in [-0.3, -0.25) is 4.79 Å². The van der Waals surface area contributed by atoms with Crippen molar-refractivity contribution in [1.82, 2.24) is 9.97 Å². The Morgan fingerprint density at radius 2 is 2.18 bits per heavy atom. The summed E-state index contributed by atoms with van der Waals surface area (Å²) in [4.78, 5) is 18.6. The van der Waals surface area contributed by atoms with E-state index in [1.54, 1.807) is 0 Å². The molecule has 2 aliphatic rings. The van der Waals surface area contributed by atoms with Crippen LogP contribution in [0.3, 0.4) is 0 Å². The molecule has 0 amide bonds. The molecule has 3 rings (SSSR count). The zero-order chi connectivity index (χ0) is 11.8. The summed E-state index contributed by atoms with van der Waals surface area (Å²) in [6, 6.07) is 1.65. The highest BCUT2D eigenvalue weighted by Gasteiger charge is 2.28. The van der Waals surface area contributed by atoms with Gasteiger partial charge in [0.2, 0.25) is 5.88 Å². The van der Waals surface area contributed by atoms with Gasteiger partial charge in [0.1, 0.15) is 11.9 Å². The zero-order valence-corrected chi connectivity index (χ0v) is 9.69. The Kier molecular flexibility index (Phi) is 2.63. The van der Waals surface area contributed by atoms with Crippen molar-refractivity contribution in [3.63, 3.8) is 0 Å². The van der Waals surface area contributed by atoms with Gasteiger partial charge >= 0.3 is 0 Å². The molecule has 0 radical (unpaired) electrons. The van der Waals surface area contributed by atoms with Gasteiger partial charge in [-0.25, -0.2) is 0 Å². The number of hydrogen-bond donors (Lipinski definition) is 2. The minimum atomic E-state index is -0.126. The molecule has 0 aliphatic heterocycles. The third-order valence-corrected chi connectivity index (χ3v) is 3.41. The molecule has 1 heterocycles. The van der Waals surface area contributed by atoms with Crippen molar-refractivity contribution in [3.05, 3.63) is 22.2 Å². The molecule has 2 saturated carbocycles. The number of H-pyrrole nitrogens is 1. The Bertz CT molecular complexity index is 467. The first-order valence-electron chi connectivity index (χ1n) is 6.24. The van der Waals surface area contributed by atoms with Crippen molar-refractivity contribution >= 4 is 0 Å². The van der Waals surface area contributed by atoms with Crippen LogP contribution < -0.4 is 16.0 Å². The number of nitrogens with two attached hydrogens (primary N) is 1. The largest absolute Gasteiger partial charge is 0.474 e. The summed E-state index contributed by atoms with van der Waals surface area (Å²) in [6.45, 7) is 0. The summed E-state index contributed by atoms with van der Waals surface area (Å²) in [6.07, 6.45) is 5.14. The quantitative estimate of drug-likeness (QED) is 0.815. The first kappa shape index (κ1) is 10.8. The highest BCUT2D eigenvalue weighted by Crippen LogP contribution is 2.38. The van der Waals surface area contributed by atoms with Crippen molar-refractivity contribution in [2.75, 3.05) is 0 Å². The third-order valence-electron chi connectivity index (χ3n) is 3.41. The molecule has 5 nitrogen and oxygen atoms in total. The molecule has 17 heavy (non-hydrogen) atoms. The van der Waals surface area contributed by atoms with E-state index in [1.807, 2.05) is 0 Å². The van der Waals surface area contributed by atoms with Crippen molar-refractivity contribution in [3.8, 4) is 5.88 Å². The van der Waals surface area contributed by atoms with Crippen LogP contribution in [0.1, 0.15) is 43.8 Å². The van der Waals surface area contributed by atoms with Crippen molar-refractivity contribution in [1.29, 1.82) is 0 Å². The maximum atomic E-state index is 11.5. The molecule has 2 unspecified atom stereocenters. The van der Waals surface area contributed by atoms with Crippen LogP contribution >= 0.6 is 0 Å². The lowest BCUT2D eigenvalue weighted by Gasteiger charge is -2.12. The smallest absolute Gasteiger partial charge is 0.254 e. The molecule has 0 saturated heterocycles. The van der Waals surface area contributed by atoms with Gasteiger partial charge in [-0.05, 0) is 32.1 Å². The summed E-state index contributed by atoms with van der Waals surface area (Å²) >= 11 is 0. The van der Waals surface area contributed by atoms with E-state index in [0.717, 1.165) is 37.9 Å². The zero-order valence-electron chi connectivity index (χ0n) is 9.69. The van der Waals surface area contributed by atoms with Crippen LogP contribution in [0.4, 0.5) is 0 Å². The highest BCUT2D eigenvalue weighted by atomic mass is 16.5. The lowest BCUT2D eigenvalue weighted by Crippen LogP contribution is -2.20. The van der Waals surface area contributed by atoms with E-state index in [2.05, 4.69) is 9.97 Å². The lowest BCUT2D eigenvalue weighted by molar-refractivity contribution is 0.198. The van der Waals surface area contributed by atoms with E-state index >= 15 is 0 Å². The van der Waals surface area contributed by atoms with Gasteiger partial charge in [0.15, 0.2) is 0 Å². The van der Waals surface area contributed by atoms with Crippen LogP contribution in [0, 0.1) is 0 Å². The minimum absolute atomic E-state index is 0.117. The van der Waals surface area contributed by atoms with Crippen LogP contribution in [-0.4, -0.2) is 22.1 Å². The molecular formula is C12H17N3O2. The van der Waals surface area contributed by atoms with Crippen LogP contribution in [0.2, 0.25) is 0 Å². The SMILES string of the molecule is NC1CCC(Oc2cc(=O)[nH]c(C3CC3)n2)C1. The summed E-state index contributed by atoms with van der Waals surface area (Å²) in [5.41, 5.74) is 5.70. The van der Waals surface area contributed by atoms with Crippen LogP contribution in [0.5, 0.6) is 5.88 Å². The number of nitrogens with one attached hydrogen (secondary N) is 1. The molecule has 0 aromatic carbocycles. The van der Waals surface area contributed by atoms with Crippen molar-refractivity contribution in [2.45, 2.75) is 50.2 Å². The molecule has 5 heteroatoms. The second-order valence-electron chi connectivity index (χ2n) is 5.06. The molecule has 92 valence electrons. The fourth-order valence-corrected chi connectivity index (χ4v) is 2.32. The summed E-state index contributed by atoms with van der Waals surface area (Å²) in [5, 5.41) is 0. The van der Waals surface area contributed by atoms with Gasteiger partial charge in [-0.2, -0.15) is 4.98 Å². The first-order chi connectivity index (χ1) is 8.20. The fourth-order valence-electron chi connectivity index (χ4n) is 2.32. The minimum Gasteiger partial charge on any atom is -0.474 e. The van der Waals surface area contributed by atoms with E-state index in [9.17, 15) is 4.79 Å². The molecule has 3 N–H and O–H groups in total. The molecule has 0 spiro atoms. The predicted molar refractivity (Wildman–Crippen MR) is 63.1 cm³/mol. The van der Waals surface area contributed by atoms with Gasteiger partial charge in [0.05, 0.1) is 6.07 Å². The van der Waals surface area contributed by atoms with E-state index in [4.69, 9.17) is 10.5 Å². The monoisotopic (exact) mass is 235 g/mol. The number of nitrogens with zero attached hydrogens (tertiary/aromatic N) is 1. The van der Waals surface area contributed by atoms with Gasteiger partial charge in [-0.15, -0.1) is 0 Å². The predicted octanol–water partition coefficient (Wildman–Crippen LogP) is 0.906. The summed E-state index contributed by atoms with van der Waals surface area (Å²) < 4.78 is 5.73. The maximum Gasteiger partial charge on any atom is 0.254 e. The van der Waals surface area contributed by atoms with Crippen molar-refractivity contribution in [2.24, 2.45) is 5.73 Å². The molecule has 0 bridgehead atoms. The van der Waals surface area contributed by atoms with E-state index in [1.165, 1.54) is 6.07 Å². The summed E-state index contributed by atoms with van der Waals surface area (Å²) in [7, 11) is 0. The molecule has 2 fully saturated rings. The fraction of sp³-hybridized carbons (Fsp3) is 0.667. The highest BCUT2D eigenvalue weighted by molar-refractivity contribution is 5.14. The topological polar surface area (TPSA) is 81.0 Å². The number of rotatable bonds is 3. The normalized spacial score (nSPS) is 28.3. The summed E-state index contributed by atoms with van der Waals surface area (Å²) in [5.74, 6) is 1.65. The van der Waals surface area contributed by atoms with E-state index in [0.29, 0.717) is 11.8 Å². The average molecular weight is 235 g/mol. The Balaban J connectivity index is 1.75. The van der Waals surface area contributed by atoms with E-state index < -0.39 is 0 Å². The van der Waals surface area contributed by atoms with Gasteiger partial charge < -0.3 is 15.5 Å². The van der Waals surface area contributed by atoms with Gasteiger partial charge in [0, 0.05) is 12.0 Å². The average Bonchev–Trinajstić information content (AvgIpc) is 3.03. The van der Waals surface area contributed by atoms with Crippen molar-refractivity contribution < 1.29 is 4.74 Å². The standard InChI is InChI=1S/C12H17N3O2/c13-8-3-4-9(5-8)17-11-6-10(16)14-12(15-11)7-1-2-7/h6-9H,1-5,13H2,(H,14,15,16). The Hall–Kier alpha value is -1.36. The van der Waals surface area contributed by atoms with Crippen LogP contribution in [0.25, 0.3) is 0 Å².